The maximum Gasteiger partial charge on any atom is 0.407 e. The van der Waals surface area contributed by atoms with Crippen LogP contribution in [0.1, 0.15) is 5.76 Å². The number of hydrogen-bond donors (Lipinski definition) is 2. The Morgan fingerprint density at radius 3 is 2.90 bits per heavy atom. The quantitative estimate of drug-likeness (QED) is 0.838. The number of methoxy groups -OCH3 is 1. The van der Waals surface area contributed by atoms with Crippen LogP contribution in [0.25, 0.3) is 11.3 Å². The van der Waals surface area contributed by atoms with Crippen molar-refractivity contribution in [3.8, 4) is 17.0 Å². The van der Waals surface area contributed by atoms with Gasteiger partial charge in [0.2, 0.25) is 0 Å². The van der Waals surface area contributed by atoms with Gasteiger partial charge in [-0.3, -0.25) is 0 Å². The molecule has 3 N–H and O–H groups in total. The van der Waals surface area contributed by atoms with E-state index in [1.165, 1.54) is 32.4 Å². The van der Waals surface area contributed by atoms with E-state index in [4.69, 9.17) is 20.1 Å². The Morgan fingerprint density at radius 1 is 1.57 bits per heavy atom. The summed E-state index contributed by atoms with van der Waals surface area (Å²) in [6.07, 6.45) is -1.11. The molecular weight excluding hydrogens is 281 g/mol. The van der Waals surface area contributed by atoms with Crippen molar-refractivity contribution in [3.63, 3.8) is 0 Å². The molecule has 0 aliphatic heterocycles. The number of anilines is 1. The number of rotatable bonds is 4. The lowest BCUT2D eigenvalue weighted by molar-refractivity contribution is 0.149. The Balaban J connectivity index is 2.38. The van der Waals surface area contributed by atoms with Crippen LogP contribution in [0.15, 0.2) is 22.7 Å². The number of ether oxygens (including phenoxy) is 1. The van der Waals surface area contributed by atoms with E-state index in [1.54, 1.807) is 0 Å². The Kier molecular flexibility index (Phi) is 3.97. The summed E-state index contributed by atoms with van der Waals surface area (Å²) in [7, 11) is 2.78. The minimum atomic E-state index is -1.11. The molecule has 0 unspecified atom stereocenters. The van der Waals surface area contributed by atoms with Gasteiger partial charge in [-0.25, -0.2) is 9.18 Å². The maximum absolute atomic E-state index is 14.1. The van der Waals surface area contributed by atoms with Gasteiger partial charge in [0, 0.05) is 13.1 Å². The normalized spacial score (nSPS) is 10.4. The zero-order valence-corrected chi connectivity index (χ0v) is 11.5. The second-order valence-corrected chi connectivity index (χ2v) is 4.36. The molecule has 21 heavy (non-hydrogen) atoms. The smallest absolute Gasteiger partial charge is 0.407 e. The molecule has 1 aromatic heterocycles. The number of nitrogens with zero attached hydrogens (tertiary/aromatic N) is 2. The SMILES string of the molecule is COc1ccc(N)c(F)c1-c1cc(CN(C)C(=O)O)on1. The highest BCUT2D eigenvalue weighted by molar-refractivity contribution is 5.72. The van der Waals surface area contributed by atoms with Gasteiger partial charge in [0.25, 0.3) is 0 Å². The molecule has 7 nitrogen and oxygen atoms in total. The minimum absolute atomic E-state index is 0.00537. The lowest BCUT2D eigenvalue weighted by Crippen LogP contribution is -2.23. The van der Waals surface area contributed by atoms with Crippen molar-refractivity contribution in [2.24, 2.45) is 0 Å². The lowest BCUT2D eigenvalue weighted by atomic mass is 10.1. The second kappa shape index (κ2) is 5.70. The van der Waals surface area contributed by atoms with Crippen LogP contribution in [-0.4, -0.2) is 35.4 Å². The van der Waals surface area contributed by atoms with Gasteiger partial charge in [0.05, 0.1) is 24.9 Å². The van der Waals surface area contributed by atoms with E-state index in [9.17, 15) is 9.18 Å². The Bertz CT molecular complexity index is 671. The van der Waals surface area contributed by atoms with Crippen molar-refractivity contribution in [1.29, 1.82) is 0 Å². The van der Waals surface area contributed by atoms with E-state index in [0.29, 0.717) is 0 Å². The van der Waals surface area contributed by atoms with E-state index in [2.05, 4.69) is 5.16 Å². The van der Waals surface area contributed by atoms with Crippen LogP contribution in [0.3, 0.4) is 0 Å². The van der Waals surface area contributed by atoms with Gasteiger partial charge >= 0.3 is 6.09 Å². The molecule has 2 aromatic rings. The molecule has 0 bridgehead atoms. The highest BCUT2D eigenvalue weighted by Gasteiger charge is 2.19. The standard InChI is InChI=1S/C13H14FN3O4/c1-17(13(18)19)6-7-5-9(16-21-7)11-10(20-2)4-3-8(15)12(11)14/h3-5H,6,15H2,1-2H3,(H,18,19). The average Bonchev–Trinajstić information content (AvgIpc) is 2.89. The molecule has 0 saturated carbocycles. The fraction of sp³-hybridized carbons (Fsp3) is 0.231. The van der Waals surface area contributed by atoms with Crippen LogP contribution in [0, 0.1) is 5.82 Å². The molecule has 8 heteroatoms. The van der Waals surface area contributed by atoms with Crippen molar-refractivity contribution < 1.29 is 23.6 Å². The number of nitrogen functional groups attached to an aromatic ring is 1. The number of carboxylic acid groups (broad SMARTS) is 1. The summed E-state index contributed by atoms with van der Waals surface area (Å²) < 4.78 is 24.2. The summed E-state index contributed by atoms with van der Waals surface area (Å²) in [5.41, 5.74) is 5.75. The van der Waals surface area contributed by atoms with Gasteiger partial charge in [-0.15, -0.1) is 0 Å². The topological polar surface area (TPSA) is 102 Å². The molecule has 0 saturated heterocycles. The predicted octanol–water partition coefficient (Wildman–Crippen LogP) is 2.18. The van der Waals surface area contributed by atoms with Gasteiger partial charge in [-0.1, -0.05) is 5.16 Å². The summed E-state index contributed by atoms with van der Waals surface area (Å²) in [5, 5.41) is 12.5. The zero-order valence-electron chi connectivity index (χ0n) is 11.5. The molecule has 1 amide bonds. The number of nitrogens with two attached hydrogens (primary N) is 1. The molecule has 0 aliphatic carbocycles. The lowest BCUT2D eigenvalue weighted by Gasteiger charge is -2.09. The van der Waals surface area contributed by atoms with Crippen LogP contribution in [0.2, 0.25) is 0 Å². The van der Waals surface area contributed by atoms with Gasteiger partial charge in [-0.05, 0) is 12.1 Å². The molecule has 0 fully saturated rings. The van der Waals surface area contributed by atoms with Crippen LogP contribution in [0.5, 0.6) is 5.75 Å². The first-order valence-electron chi connectivity index (χ1n) is 5.96. The second-order valence-electron chi connectivity index (χ2n) is 4.36. The van der Waals surface area contributed by atoms with E-state index in [-0.39, 0.29) is 35.0 Å². The van der Waals surface area contributed by atoms with Gasteiger partial charge in [0.1, 0.15) is 11.4 Å². The number of benzene rings is 1. The number of aromatic nitrogens is 1. The molecule has 2 rings (SSSR count). The summed E-state index contributed by atoms with van der Waals surface area (Å²) in [4.78, 5) is 11.8. The molecule has 1 heterocycles. The monoisotopic (exact) mass is 295 g/mol. The van der Waals surface area contributed by atoms with Crippen LogP contribution in [-0.2, 0) is 6.54 Å². The third-order valence-corrected chi connectivity index (χ3v) is 2.89. The summed E-state index contributed by atoms with van der Waals surface area (Å²) in [5.74, 6) is -0.132. The number of halogens is 1. The molecular formula is C13H14FN3O4. The maximum atomic E-state index is 14.1. The van der Waals surface area contributed by atoms with Crippen LogP contribution >= 0.6 is 0 Å². The van der Waals surface area contributed by atoms with Crippen molar-refractivity contribution >= 4 is 11.8 Å². The Hall–Kier alpha value is -2.77. The number of carbonyl (C=O) groups is 1. The third-order valence-electron chi connectivity index (χ3n) is 2.89. The highest BCUT2D eigenvalue weighted by Crippen LogP contribution is 2.35. The highest BCUT2D eigenvalue weighted by atomic mass is 19.1. The predicted molar refractivity (Wildman–Crippen MR) is 72.4 cm³/mol. The van der Waals surface area contributed by atoms with Crippen molar-refractivity contribution in [2.45, 2.75) is 6.54 Å². The van der Waals surface area contributed by atoms with Crippen LogP contribution < -0.4 is 10.5 Å². The fourth-order valence-corrected chi connectivity index (χ4v) is 1.79. The van der Waals surface area contributed by atoms with E-state index in [1.807, 2.05) is 0 Å². The Labute approximate surface area is 119 Å². The summed E-state index contributed by atoms with van der Waals surface area (Å²) >= 11 is 0. The summed E-state index contributed by atoms with van der Waals surface area (Å²) in [6.45, 7) is -0.00537. The molecule has 112 valence electrons. The van der Waals surface area contributed by atoms with Crippen molar-refractivity contribution in [2.75, 3.05) is 19.9 Å². The molecule has 0 aliphatic rings. The van der Waals surface area contributed by atoms with Gasteiger partial charge in [0.15, 0.2) is 11.6 Å². The summed E-state index contributed by atoms with van der Waals surface area (Å²) in [6, 6.07) is 4.35. The van der Waals surface area contributed by atoms with Gasteiger partial charge in [-0.2, -0.15) is 0 Å². The van der Waals surface area contributed by atoms with E-state index in [0.717, 1.165) is 4.90 Å². The van der Waals surface area contributed by atoms with Crippen molar-refractivity contribution in [1.82, 2.24) is 10.1 Å². The largest absolute Gasteiger partial charge is 0.496 e. The van der Waals surface area contributed by atoms with Crippen molar-refractivity contribution in [3.05, 3.63) is 29.8 Å². The first-order valence-corrected chi connectivity index (χ1v) is 5.96. The third kappa shape index (κ3) is 2.88. The number of amides is 1. The molecule has 1 aromatic carbocycles. The minimum Gasteiger partial charge on any atom is -0.496 e. The number of hydrogen-bond acceptors (Lipinski definition) is 5. The first-order chi connectivity index (χ1) is 9.93. The Morgan fingerprint density at radius 2 is 2.29 bits per heavy atom. The zero-order chi connectivity index (χ0) is 15.6. The van der Waals surface area contributed by atoms with Gasteiger partial charge < -0.3 is 25.0 Å². The molecule has 0 spiro atoms. The molecule has 0 radical (unpaired) electrons. The van der Waals surface area contributed by atoms with Crippen LogP contribution in [0.4, 0.5) is 14.9 Å². The average molecular weight is 295 g/mol. The fourth-order valence-electron chi connectivity index (χ4n) is 1.79. The molecule has 0 atom stereocenters. The van der Waals surface area contributed by atoms with E-state index >= 15 is 0 Å². The first kappa shape index (κ1) is 14.6. The van der Waals surface area contributed by atoms with E-state index < -0.39 is 11.9 Å².